The molecule has 19 heavy (non-hydrogen) atoms. The normalized spacial score (nSPS) is 18.1. The summed E-state index contributed by atoms with van der Waals surface area (Å²) >= 11 is 7.94. The zero-order valence-corrected chi connectivity index (χ0v) is 12.9. The molecule has 0 aliphatic heterocycles. The number of halogens is 1. The Bertz CT molecular complexity index is 602. The van der Waals surface area contributed by atoms with Gasteiger partial charge in [-0.2, -0.15) is 0 Å². The summed E-state index contributed by atoms with van der Waals surface area (Å²) in [7, 11) is 0. The van der Waals surface area contributed by atoms with Crippen LogP contribution in [0.2, 0.25) is 0 Å². The van der Waals surface area contributed by atoms with Crippen LogP contribution in [0.25, 0.3) is 10.2 Å². The van der Waals surface area contributed by atoms with Gasteiger partial charge in [-0.15, -0.1) is 22.9 Å². The zero-order valence-electron chi connectivity index (χ0n) is 11.3. The lowest BCUT2D eigenvalue weighted by molar-refractivity contribution is 0.538. The predicted molar refractivity (Wildman–Crippen MR) is 82.4 cm³/mol. The van der Waals surface area contributed by atoms with Crippen molar-refractivity contribution in [2.24, 2.45) is 0 Å². The lowest BCUT2D eigenvalue weighted by Gasteiger charge is -2.28. The smallest absolute Gasteiger partial charge is 0.138 e. The largest absolute Gasteiger partial charge is 0.363 e. The molecule has 1 aliphatic carbocycles. The number of thiophene rings is 1. The van der Waals surface area contributed by atoms with Crippen molar-refractivity contribution in [1.82, 2.24) is 9.97 Å². The molecule has 1 fully saturated rings. The molecule has 5 heteroatoms. The fraction of sp³-hybridized carbons (Fsp3) is 0.571. The van der Waals surface area contributed by atoms with Gasteiger partial charge in [0, 0.05) is 10.8 Å². The van der Waals surface area contributed by atoms with Crippen molar-refractivity contribution >= 4 is 39.0 Å². The third-order valence-corrected chi connectivity index (χ3v) is 5.79. The van der Waals surface area contributed by atoms with Crippen LogP contribution in [0.15, 0.2) is 6.33 Å². The first-order valence-electron chi connectivity index (χ1n) is 6.70. The van der Waals surface area contributed by atoms with Gasteiger partial charge >= 0.3 is 0 Å². The van der Waals surface area contributed by atoms with Crippen LogP contribution in [0.5, 0.6) is 0 Å². The van der Waals surface area contributed by atoms with E-state index in [-0.39, 0.29) is 5.54 Å². The molecule has 0 spiro atoms. The summed E-state index contributed by atoms with van der Waals surface area (Å²) in [4.78, 5) is 11.2. The fourth-order valence-corrected chi connectivity index (χ4v) is 4.20. The Morgan fingerprint density at radius 2 is 2.05 bits per heavy atom. The highest BCUT2D eigenvalue weighted by Crippen LogP contribution is 2.38. The second-order valence-corrected chi connectivity index (χ2v) is 6.90. The first-order valence-corrected chi connectivity index (χ1v) is 8.05. The van der Waals surface area contributed by atoms with Gasteiger partial charge in [-0.05, 0) is 32.3 Å². The average Bonchev–Trinajstić information content (AvgIpc) is 2.97. The highest BCUT2D eigenvalue weighted by molar-refractivity contribution is 7.18. The molecule has 1 aliphatic rings. The summed E-state index contributed by atoms with van der Waals surface area (Å²) in [5, 5.41) is 4.79. The maximum absolute atomic E-state index is 6.21. The second kappa shape index (κ2) is 4.91. The number of hydrogen-bond acceptors (Lipinski definition) is 4. The Morgan fingerprint density at radius 1 is 1.32 bits per heavy atom. The second-order valence-electron chi connectivity index (χ2n) is 5.43. The number of nitrogens with zero attached hydrogens (tertiary/aromatic N) is 2. The molecule has 0 unspecified atom stereocenters. The van der Waals surface area contributed by atoms with Crippen LogP contribution < -0.4 is 5.32 Å². The molecular weight excluding hydrogens is 278 g/mol. The van der Waals surface area contributed by atoms with E-state index in [0.717, 1.165) is 23.5 Å². The lowest BCUT2D eigenvalue weighted by Crippen LogP contribution is -2.37. The molecule has 0 atom stereocenters. The average molecular weight is 296 g/mol. The first-order chi connectivity index (χ1) is 9.15. The molecule has 0 bridgehead atoms. The molecule has 0 aromatic carbocycles. The standard InChI is InChI=1S/C14H18ClN3S/c1-9-10(2)19-13-11(9)12(16-8-17-13)18-14(7-15)5-3-4-6-14/h8H,3-7H2,1-2H3,(H,16,17,18). The van der Waals surface area contributed by atoms with E-state index in [1.165, 1.54) is 28.7 Å². The van der Waals surface area contributed by atoms with Gasteiger partial charge in [0.15, 0.2) is 0 Å². The minimum absolute atomic E-state index is 0.0190. The minimum atomic E-state index is 0.0190. The topological polar surface area (TPSA) is 37.8 Å². The van der Waals surface area contributed by atoms with Crippen molar-refractivity contribution in [3.05, 3.63) is 16.8 Å². The van der Waals surface area contributed by atoms with E-state index >= 15 is 0 Å². The van der Waals surface area contributed by atoms with Crippen LogP contribution in [0.1, 0.15) is 36.1 Å². The van der Waals surface area contributed by atoms with E-state index in [2.05, 4.69) is 29.1 Å². The fourth-order valence-electron chi connectivity index (χ4n) is 2.87. The molecule has 0 radical (unpaired) electrons. The van der Waals surface area contributed by atoms with Crippen LogP contribution in [0.4, 0.5) is 5.82 Å². The van der Waals surface area contributed by atoms with Crippen LogP contribution in [0, 0.1) is 13.8 Å². The maximum Gasteiger partial charge on any atom is 0.138 e. The van der Waals surface area contributed by atoms with Crippen LogP contribution >= 0.6 is 22.9 Å². The zero-order chi connectivity index (χ0) is 13.5. The highest BCUT2D eigenvalue weighted by atomic mass is 35.5. The van der Waals surface area contributed by atoms with Gasteiger partial charge in [-0.1, -0.05) is 12.8 Å². The molecule has 1 saturated carbocycles. The van der Waals surface area contributed by atoms with E-state index in [4.69, 9.17) is 11.6 Å². The van der Waals surface area contributed by atoms with E-state index in [1.54, 1.807) is 17.7 Å². The lowest BCUT2D eigenvalue weighted by atomic mass is 10.00. The number of alkyl halides is 1. The Hall–Kier alpha value is -0.870. The van der Waals surface area contributed by atoms with Gasteiger partial charge in [0.25, 0.3) is 0 Å². The number of aryl methyl sites for hydroxylation is 2. The third-order valence-electron chi connectivity index (χ3n) is 4.17. The Kier molecular flexibility index (Phi) is 3.39. The molecule has 0 saturated heterocycles. The predicted octanol–water partition coefficient (Wildman–Crippen LogP) is 4.27. The van der Waals surface area contributed by atoms with E-state index < -0.39 is 0 Å². The van der Waals surface area contributed by atoms with Crippen LogP contribution in [-0.4, -0.2) is 21.4 Å². The van der Waals surface area contributed by atoms with Gasteiger partial charge in [-0.25, -0.2) is 9.97 Å². The molecule has 2 heterocycles. The van der Waals surface area contributed by atoms with Crippen molar-refractivity contribution in [2.45, 2.75) is 45.1 Å². The first kappa shape index (κ1) is 13.1. The molecule has 0 amide bonds. The number of nitrogens with one attached hydrogen (secondary N) is 1. The van der Waals surface area contributed by atoms with Crippen molar-refractivity contribution in [3.8, 4) is 0 Å². The van der Waals surface area contributed by atoms with Crippen molar-refractivity contribution in [2.75, 3.05) is 11.2 Å². The van der Waals surface area contributed by atoms with Crippen LogP contribution in [-0.2, 0) is 0 Å². The summed E-state index contributed by atoms with van der Waals surface area (Å²) in [6, 6.07) is 0. The molecular formula is C14H18ClN3S. The summed E-state index contributed by atoms with van der Waals surface area (Å²) in [5.41, 5.74) is 1.30. The number of aromatic nitrogens is 2. The van der Waals surface area contributed by atoms with E-state index in [1.807, 2.05) is 0 Å². The Labute approximate surface area is 122 Å². The molecule has 3 rings (SSSR count). The highest BCUT2D eigenvalue weighted by Gasteiger charge is 2.33. The summed E-state index contributed by atoms with van der Waals surface area (Å²) in [6.07, 6.45) is 6.40. The molecule has 2 aromatic heterocycles. The van der Waals surface area contributed by atoms with Gasteiger partial charge in [0.05, 0.1) is 10.9 Å². The Balaban J connectivity index is 2.05. The minimum Gasteiger partial charge on any atom is -0.363 e. The van der Waals surface area contributed by atoms with E-state index in [9.17, 15) is 0 Å². The van der Waals surface area contributed by atoms with Crippen molar-refractivity contribution < 1.29 is 0 Å². The third kappa shape index (κ3) is 2.21. The molecule has 2 aromatic rings. The van der Waals surface area contributed by atoms with Gasteiger partial charge in [0.2, 0.25) is 0 Å². The Morgan fingerprint density at radius 3 is 2.74 bits per heavy atom. The van der Waals surface area contributed by atoms with Gasteiger partial charge < -0.3 is 5.32 Å². The van der Waals surface area contributed by atoms with Gasteiger partial charge in [0.1, 0.15) is 17.0 Å². The van der Waals surface area contributed by atoms with Crippen LogP contribution in [0.3, 0.4) is 0 Å². The quantitative estimate of drug-likeness (QED) is 0.859. The molecule has 102 valence electrons. The monoisotopic (exact) mass is 295 g/mol. The maximum atomic E-state index is 6.21. The number of rotatable bonds is 3. The number of fused-ring (bicyclic) bond motifs is 1. The number of hydrogen-bond donors (Lipinski definition) is 1. The van der Waals surface area contributed by atoms with Crippen molar-refractivity contribution in [3.63, 3.8) is 0 Å². The van der Waals surface area contributed by atoms with Crippen molar-refractivity contribution in [1.29, 1.82) is 0 Å². The summed E-state index contributed by atoms with van der Waals surface area (Å²) < 4.78 is 0. The molecule has 1 N–H and O–H groups in total. The number of anilines is 1. The van der Waals surface area contributed by atoms with E-state index in [0.29, 0.717) is 5.88 Å². The summed E-state index contributed by atoms with van der Waals surface area (Å²) in [6.45, 7) is 4.28. The van der Waals surface area contributed by atoms with Gasteiger partial charge in [-0.3, -0.25) is 0 Å². The summed E-state index contributed by atoms with van der Waals surface area (Å²) in [5.74, 6) is 1.59. The molecule has 3 nitrogen and oxygen atoms in total. The SMILES string of the molecule is Cc1sc2ncnc(NC3(CCl)CCCC3)c2c1C.